The minimum absolute atomic E-state index is 0.111. The van der Waals surface area contributed by atoms with Gasteiger partial charge in [0, 0.05) is 19.7 Å². The number of nitrogens with zero attached hydrogens (tertiary/aromatic N) is 1. The molecule has 0 aromatic rings. The number of urea groups is 1. The first-order valence-electron chi connectivity index (χ1n) is 7.16. The molecule has 0 saturated heterocycles. The summed E-state index contributed by atoms with van der Waals surface area (Å²) in [6.45, 7) is 6.21. The van der Waals surface area contributed by atoms with Crippen LogP contribution < -0.4 is 5.32 Å². The summed E-state index contributed by atoms with van der Waals surface area (Å²) in [4.78, 5) is 25.4. The quantitative estimate of drug-likeness (QED) is 0.712. The van der Waals surface area contributed by atoms with E-state index in [4.69, 9.17) is 4.74 Å². The first kappa shape index (κ1) is 16.8. The normalized spacial score (nSPS) is 19.0. The van der Waals surface area contributed by atoms with E-state index in [1.54, 1.807) is 18.9 Å². The van der Waals surface area contributed by atoms with Gasteiger partial charge in [0.05, 0.1) is 6.61 Å². The van der Waals surface area contributed by atoms with Gasteiger partial charge in [-0.25, -0.2) is 9.59 Å². The molecule has 0 heterocycles. The number of ether oxygens (including phenoxy) is 1. The Balaban J connectivity index is 2.73. The molecule has 0 aromatic heterocycles. The van der Waals surface area contributed by atoms with Crippen LogP contribution in [-0.4, -0.2) is 53.8 Å². The minimum atomic E-state index is -1.23. The number of hydrogen-bond acceptors (Lipinski definition) is 3. The van der Waals surface area contributed by atoms with Crippen LogP contribution in [0.3, 0.4) is 0 Å². The van der Waals surface area contributed by atoms with Gasteiger partial charge in [-0.1, -0.05) is 6.92 Å². The number of carbonyl (C=O) groups excluding carboxylic acids is 1. The lowest BCUT2D eigenvalue weighted by Crippen LogP contribution is -2.58. The molecule has 6 nitrogen and oxygen atoms in total. The van der Waals surface area contributed by atoms with Gasteiger partial charge in [-0.2, -0.15) is 0 Å². The van der Waals surface area contributed by atoms with E-state index < -0.39 is 11.5 Å². The molecule has 1 aliphatic carbocycles. The molecular weight excluding hydrogens is 260 g/mol. The standard InChI is InChI=1S/C14H26N2O4/c1-5-14(3,12(17)18)15-13(19)16(8-9-20-4)10(2)11-6-7-11/h10-11H,5-9H2,1-4H3,(H,15,19)(H,17,18). The maximum absolute atomic E-state index is 12.4. The molecular formula is C14H26N2O4. The van der Waals surface area contributed by atoms with Crippen molar-refractivity contribution in [3.63, 3.8) is 0 Å². The molecule has 1 fully saturated rings. The number of carboxylic acids is 1. The second-order valence-electron chi connectivity index (χ2n) is 5.69. The lowest BCUT2D eigenvalue weighted by atomic mass is 9.99. The van der Waals surface area contributed by atoms with Gasteiger partial charge in [0.25, 0.3) is 0 Å². The monoisotopic (exact) mass is 286 g/mol. The maximum atomic E-state index is 12.4. The van der Waals surface area contributed by atoms with Crippen LogP contribution in [0.2, 0.25) is 0 Å². The van der Waals surface area contributed by atoms with Crippen molar-refractivity contribution >= 4 is 12.0 Å². The van der Waals surface area contributed by atoms with Crippen LogP contribution in [0, 0.1) is 5.92 Å². The third-order valence-corrected chi connectivity index (χ3v) is 4.15. The van der Waals surface area contributed by atoms with E-state index >= 15 is 0 Å². The Morgan fingerprint density at radius 2 is 2.10 bits per heavy atom. The molecule has 0 aliphatic heterocycles. The summed E-state index contributed by atoms with van der Waals surface area (Å²) in [5.74, 6) is -0.491. The average molecular weight is 286 g/mol. The fourth-order valence-corrected chi connectivity index (χ4v) is 2.11. The molecule has 1 saturated carbocycles. The maximum Gasteiger partial charge on any atom is 0.329 e. The van der Waals surface area contributed by atoms with Gasteiger partial charge >= 0.3 is 12.0 Å². The molecule has 2 atom stereocenters. The summed E-state index contributed by atoms with van der Waals surface area (Å²) in [7, 11) is 1.59. The van der Waals surface area contributed by atoms with Gasteiger partial charge in [0.15, 0.2) is 0 Å². The lowest BCUT2D eigenvalue weighted by Gasteiger charge is -2.33. The Labute approximate surface area is 120 Å². The van der Waals surface area contributed by atoms with E-state index in [1.807, 2.05) is 6.92 Å². The van der Waals surface area contributed by atoms with Crippen LogP contribution in [0.25, 0.3) is 0 Å². The first-order chi connectivity index (χ1) is 9.35. The van der Waals surface area contributed by atoms with Gasteiger partial charge in [-0.3, -0.25) is 0 Å². The van der Waals surface area contributed by atoms with Crippen LogP contribution in [0.15, 0.2) is 0 Å². The molecule has 6 heteroatoms. The number of carbonyl (C=O) groups is 2. The Kier molecular flexibility index (Phi) is 5.80. The average Bonchev–Trinajstić information content (AvgIpc) is 3.22. The van der Waals surface area contributed by atoms with Crippen LogP contribution >= 0.6 is 0 Å². The molecule has 2 N–H and O–H groups in total. The predicted octanol–water partition coefficient (Wildman–Crippen LogP) is 1.70. The summed E-state index contributed by atoms with van der Waals surface area (Å²) in [6.07, 6.45) is 2.59. The van der Waals surface area contributed by atoms with Crippen molar-refractivity contribution in [3.05, 3.63) is 0 Å². The zero-order valence-corrected chi connectivity index (χ0v) is 12.8. The van der Waals surface area contributed by atoms with E-state index in [-0.39, 0.29) is 12.1 Å². The predicted molar refractivity (Wildman–Crippen MR) is 75.6 cm³/mol. The number of rotatable bonds is 8. The molecule has 116 valence electrons. The number of carboxylic acid groups (broad SMARTS) is 1. The van der Waals surface area contributed by atoms with Crippen molar-refractivity contribution in [1.29, 1.82) is 0 Å². The van der Waals surface area contributed by atoms with Crippen LogP contribution in [0.5, 0.6) is 0 Å². The molecule has 2 amide bonds. The minimum Gasteiger partial charge on any atom is -0.480 e. The fraction of sp³-hybridized carbons (Fsp3) is 0.857. The largest absolute Gasteiger partial charge is 0.480 e. The van der Waals surface area contributed by atoms with Crippen LogP contribution in [0.4, 0.5) is 4.79 Å². The second-order valence-corrected chi connectivity index (χ2v) is 5.69. The number of nitrogens with one attached hydrogen (secondary N) is 1. The zero-order chi connectivity index (χ0) is 15.3. The van der Waals surface area contributed by atoms with E-state index in [0.29, 0.717) is 25.5 Å². The molecule has 2 unspecified atom stereocenters. The highest BCUT2D eigenvalue weighted by atomic mass is 16.5. The topological polar surface area (TPSA) is 78.9 Å². The molecule has 0 radical (unpaired) electrons. The van der Waals surface area contributed by atoms with E-state index in [1.165, 1.54) is 6.92 Å². The smallest absolute Gasteiger partial charge is 0.329 e. The third-order valence-electron chi connectivity index (χ3n) is 4.15. The summed E-state index contributed by atoms with van der Waals surface area (Å²) in [6, 6.07) is -0.215. The Morgan fingerprint density at radius 3 is 2.50 bits per heavy atom. The van der Waals surface area contributed by atoms with Gasteiger partial charge in [-0.15, -0.1) is 0 Å². The second kappa shape index (κ2) is 6.92. The highest BCUT2D eigenvalue weighted by molar-refractivity contribution is 5.86. The van der Waals surface area contributed by atoms with Crippen LogP contribution in [0.1, 0.15) is 40.0 Å². The fourth-order valence-electron chi connectivity index (χ4n) is 2.11. The van der Waals surface area contributed by atoms with Crippen molar-refractivity contribution < 1.29 is 19.4 Å². The van der Waals surface area contributed by atoms with Gasteiger partial charge < -0.3 is 20.1 Å². The van der Waals surface area contributed by atoms with Crippen molar-refractivity contribution in [2.45, 2.75) is 51.6 Å². The Bertz CT molecular complexity index is 357. The Hall–Kier alpha value is -1.30. The molecule has 20 heavy (non-hydrogen) atoms. The molecule has 1 rings (SSSR count). The number of amides is 2. The van der Waals surface area contributed by atoms with Crippen LogP contribution in [-0.2, 0) is 9.53 Å². The van der Waals surface area contributed by atoms with E-state index in [0.717, 1.165) is 12.8 Å². The first-order valence-corrected chi connectivity index (χ1v) is 7.16. The zero-order valence-electron chi connectivity index (χ0n) is 12.8. The summed E-state index contributed by atoms with van der Waals surface area (Å²) in [5, 5.41) is 11.9. The SMILES string of the molecule is CCC(C)(NC(=O)N(CCOC)C(C)C1CC1)C(=O)O. The summed E-state index contributed by atoms with van der Waals surface area (Å²) >= 11 is 0. The molecule has 0 aromatic carbocycles. The lowest BCUT2D eigenvalue weighted by molar-refractivity contribution is -0.143. The molecule has 1 aliphatic rings. The van der Waals surface area contributed by atoms with E-state index in [9.17, 15) is 14.7 Å². The number of aliphatic carboxylic acids is 1. The number of hydrogen-bond donors (Lipinski definition) is 2. The summed E-state index contributed by atoms with van der Waals surface area (Å²) < 4.78 is 5.04. The van der Waals surface area contributed by atoms with Crippen molar-refractivity contribution in [1.82, 2.24) is 10.2 Å². The highest BCUT2D eigenvalue weighted by Gasteiger charge is 2.38. The molecule has 0 bridgehead atoms. The van der Waals surface area contributed by atoms with Crippen molar-refractivity contribution in [3.8, 4) is 0 Å². The van der Waals surface area contributed by atoms with Crippen molar-refractivity contribution in [2.75, 3.05) is 20.3 Å². The number of methoxy groups -OCH3 is 1. The molecule has 0 spiro atoms. The summed E-state index contributed by atoms with van der Waals surface area (Å²) in [5.41, 5.74) is -1.23. The third kappa shape index (κ3) is 4.10. The highest BCUT2D eigenvalue weighted by Crippen LogP contribution is 2.35. The van der Waals surface area contributed by atoms with Gasteiger partial charge in [-0.05, 0) is 39.0 Å². The van der Waals surface area contributed by atoms with Gasteiger partial charge in [0.2, 0.25) is 0 Å². The van der Waals surface area contributed by atoms with Crippen molar-refractivity contribution in [2.24, 2.45) is 5.92 Å². The van der Waals surface area contributed by atoms with Gasteiger partial charge in [0.1, 0.15) is 5.54 Å². The van der Waals surface area contributed by atoms with E-state index in [2.05, 4.69) is 5.32 Å². The Morgan fingerprint density at radius 1 is 1.50 bits per heavy atom.